The van der Waals surface area contributed by atoms with Crippen molar-refractivity contribution in [1.82, 2.24) is 9.55 Å². The fourth-order valence-electron chi connectivity index (χ4n) is 1.61. The van der Waals surface area contributed by atoms with E-state index in [1.807, 2.05) is 0 Å². The van der Waals surface area contributed by atoms with E-state index in [4.69, 9.17) is 5.11 Å². The number of carbonyl (C=O) groups is 2. The molecule has 2 aromatic rings. The van der Waals surface area contributed by atoms with Crippen molar-refractivity contribution in [3.63, 3.8) is 0 Å². The monoisotopic (exact) mass is 277 g/mol. The predicted molar refractivity (Wildman–Crippen MR) is 68.8 cm³/mol. The molecule has 6 nitrogen and oxygen atoms in total. The number of amides is 1. The lowest BCUT2D eigenvalue weighted by atomic mass is 10.2. The molecule has 2 N–H and O–H groups in total. The van der Waals surface area contributed by atoms with E-state index in [0.717, 1.165) is 6.07 Å². The highest BCUT2D eigenvalue weighted by atomic mass is 19.1. The molecule has 20 heavy (non-hydrogen) atoms. The van der Waals surface area contributed by atoms with Crippen molar-refractivity contribution in [2.75, 3.05) is 5.32 Å². The predicted octanol–water partition coefficient (Wildman–Crippen LogP) is 1.75. The zero-order chi connectivity index (χ0) is 14.5. The van der Waals surface area contributed by atoms with Gasteiger partial charge in [0.25, 0.3) is 0 Å². The molecule has 1 aromatic heterocycles. The fourth-order valence-corrected chi connectivity index (χ4v) is 1.61. The summed E-state index contributed by atoms with van der Waals surface area (Å²) in [5.74, 6) is -2.36. The van der Waals surface area contributed by atoms with Crippen LogP contribution in [0.5, 0.6) is 0 Å². The second kappa shape index (κ2) is 5.96. The van der Waals surface area contributed by atoms with Crippen molar-refractivity contribution in [2.45, 2.75) is 13.0 Å². The fraction of sp³-hybridized carbons (Fsp3) is 0.154. The summed E-state index contributed by atoms with van der Waals surface area (Å²) < 4.78 is 15.3. The van der Waals surface area contributed by atoms with Crippen molar-refractivity contribution >= 4 is 17.6 Å². The van der Waals surface area contributed by atoms with Gasteiger partial charge in [0.05, 0.1) is 17.6 Å². The molecule has 0 fully saturated rings. The number of imidazole rings is 1. The lowest BCUT2D eigenvalue weighted by molar-refractivity contribution is -0.116. The minimum atomic E-state index is -1.22. The van der Waals surface area contributed by atoms with E-state index < -0.39 is 11.8 Å². The summed E-state index contributed by atoms with van der Waals surface area (Å²) in [6.45, 7) is 0.431. The Morgan fingerprint density at radius 3 is 2.80 bits per heavy atom. The first-order valence-corrected chi connectivity index (χ1v) is 5.84. The van der Waals surface area contributed by atoms with E-state index >= 15 is 0 Å². The van der Waals surface area contributed by atoms with E-state index in [9.17, 15) is 14.0 Å². The minimum Gasteiger partial charge on any atom is -0.478 e. The summed E-state index contributed by atoms with van der Waals surface area (Å²) in [5.41, 5.74) is -0.204. The SMILES string of the molecule is O=C(CCn1ccnc1)Nc1ccc(C(=O)O)cc1F. The summed E-state index contributed by atoms with van der Waals surface area (Å²) in [6, 6.07) is 3.33. The molecule has 1 heterocycles. The average molecular weight is 277 g/mol. The minimum absolute atomic E-state index is 0.0365. The van der Waals surface area contributed by atoms with Crippen LogP contribution in [0.25, 0.3) is 0 Å². The maximum absolute atomic E-state index is 13.6. The van der Waals surface area contributed by atoms with E-state index in [0.29, 0.717) is 6.54 Å². The van der Waals surface area contributed by atoms with Crippen molar-refractivity contribution < 1.29 is 19.1 Å². The van der Waals surface area contributed by atoms with Gasteiger partial charge in [0.1, 0.15) is 5.82 Å². The Labute approximate surface area is 113 Å². The Morgan fingerprint density at radius 1 is 1.40 bits per heavy atom. The average Bonchev–Trinajstić information content (AvgIpc) is 2.91. The maximum Gasteiger partial charge on any atom is 0.335 e. The standard InChI is InChI=1S/C13H12FN3O3/c14-10-7-9(13(19)20)1-2-11(10)16-12(18)3-5-17-6-4-15-8-17/h1-2,4,6-8H,3,5H2,(H,16,18)(H,19,20). The molecule has 0 saturated carbocycles. The van der Waals surface area contributed by atoms with E-state index in [2.05, 4.69) is 10.3 Å². The zero-order valence-electron chi connectivity index (χ0n) is 10.4. The van der Waals surface area contributed by atoms with Gasteiger partial charge in [-0.1, -0.05) is 0 Å². The van der Waals surface area contributed by atoms with Gasteiger partial charge in [0.15, 0.2) is 0 Å². The van der Waals surface area contributed by atoms with Crippen LogP contribution in [0.3, 0.4) is 0 Å². The van der Waals surface area contributed by atoms with Crippen LogP contribution in [0, 0.1) is 5.82 Å². The normalized spacial score (nSPS) is 10.2. The molecule has 1 amide bonds. The number of nitrogens with zero attached hydrogens (tertiary/aromatic N) is 2. The van der Waals surface area contributed by atoms with Crippen molar-refractivity contribution in [1.29, 1.82) is 0 Å². The molecular formula is C13H12FN3O3. The third-order valence-electron chi connectivity index (χ3n) is 2.65. The van der Waals surface area contributed by atoms with Gasteiger partial charge in [-0.2, -0.15) is 0 Å². The number of nitrogens with one attached hydrogen (secondary N) is 1. The van der Waals surface area contributed by atoms with Crippen LogP contribution < -0.4 is 5.32 Å². The number of rotatable bonds is 5. The largest absolute Gasteiger partial charge is 0.478 e. The second-order valence-corrected chi connectivity index (χ2v) is 4.10. The Morgan fingerprint density at radius 2 is 2.20 bits per heavy atom. The molecule has 0 aliphatic rings. The molecule has 2 rings (SSSR count). The van der Waals surface area contributed by atoms with Crippen molar-refractivity contribution in [3.05, 3.63) is 48.3 Å². The zero-order valence-corrected chi connectivity index (χ0v) is 10.4. The molecule has 104 valence electrons. The van der Waals surface area contributed by atoms with Gasteiger partial charge in [0.2, 0.25) is 5.91 Å². The first-order chi connectivity index (χ1) is 9.56. The summed E-state index contributed by atoms with van der Waals surface area (Å²) in [6.07, 6.45) is 5.06. The lowest BCUT2D eigenvalue weighted by Gasteiger charge is -2.07. The van der Waals surface area contributed by atoms with Crippen LogP contribution in [0.2, 0.25) is 0 Å². The van der Waals surface area contributed by atoms with Gasteiger partial charge >= 0.3 is 5.97 Å². The number of hydrogen-bond acceptors (Lipinski definition) is 3. The third kappa shape index (κ3) is 3.41. The van der Waals surface area contributed by atoms with Crippen LogP contribution in [-0.2, 0) is 11.3 Å². The Bertz CT molecular complexity index is 626. The molecule has 0 unspecified atom stereocenters. The highest BCUT2D eigenvalue weighted by Gasteiger charge is 2.10. The first kappa shape index (κ1) is 13.7. The first-order valence-electron chi connectivity index (χ1n) is 5.84. The van der Waals surface area contributed by atoms with Crippen molar-refractivity contribution in [3.8, 4) is 0 Å². The van der Waals surface area contributed by atoms with E-state index in [-0.39, 0.29) is 23.6 Å². The molecule has 0 bridgehead atoms. The maximum atomic E-state index is 13.6. The lowest BCUT2D eigenvalue weighted by Crippen LogP contribution is -2.15. The number of aromatic nitrogens is 2. The van der Waals surface area contributed by atoms with Gasteiger partial charge in [-0.05, 0) is 18.2 Å². The summed E-state index contributed by atoms with van der Waals surface area (Å²) >= 11 is 0. The Kier molecular flexibility index (Phi) is 4.09. The molecule has 1 aromatic carbocycles. The highest BCUT2D eigenvalue weighted by Crippen LogP contribution is 2.16. The molecule has 0 radical (unpaired) electrons. The molecule has 0 atom stereocenters. The smallest absolute Gasteiger partial charge is 0.335 e. The Hall–Kier alpha value is -2.70. The molecule has 0 saturated heterocycles. The van der Waals surface area contributed by atoms with Gasteiger partial charge in [-0.3, -0.25) is 4.79 Å². The third-order valence-corrected chi connectivity index (χ3v) is 2.65. The molecular weight excluding hydrogens is 265 g/mol. The molecule has 0 spiro atoms. The van der Waals surface area contributed by atoms with Crippen LogP contribution in [-0.4, -0.2) is 26.5 Å². The number of carbonyl (C=O) groups excluding carboxylic acids is 1. The number of halogens is 1. The number of anilines is 1. The van der Waals surface area contributed by atoms with Crippen molar-refractivity contribution in [2.24, 2.45) is 0 Å². The Balaban J connectivity index is 1.95. The van der Waals surface area contributed by atoms with E-state index in [1.54, 1.807) is 23.3 Å². The number of aromatic carboxylic acids is 1. The molecule has 7 heteroatoms. The van der Waals surface area contributed by atoms with Gasteiger partial charge in [-0.25, -0.2) is 14.2 Å². The number of carboxylic acid groups (broad SMARTS) is 1. The number of carboxylic acids is 1. The van der Waals surface area contributed by atoms with Crippen LogP contribution >= 0.6 is 0 Å². The molecule has 0 aliphatic carbocycles. The summed E-state index contributed by atoms with van der Waals surface area (Å²) in [7, 11) is 0. The van der Waals surface area contributed by atoms with Gasteiger partial charge in [-0.15, -0.1) is 0 Å². The van der Waals surface area contributed by atoms with Gasteiger partial charge in [0, 0.05) is 25.4 Å². The number of aryl methyl sites for hydroxylation is 1. The van der Waals surface area contributed by atoms with Gasteiger partial charge < -0.3 is 15.0 Å². The highest BCUT2D eigenvalue weighted by molar-refractivity contribution is 5.92. The second-order valence-electron chi connectivity index (χ2n) is 4.10. The van der Waals surface area contributed by atoms with E-state index in [1.165, 1.54) is 12.1 Å². The summed E-state index contributed by atoms with van der Waals surface area (Å²) in [4.78, 5) is 26.1. The topological polar surface area (TPSA) is 84.2 Å². The van der Waals surface area contributed by atoms with Crippen LogP contribution in [0.15, 0.2) is 36.9 Å². The van der Waals surface area contributed by atoms with Crippen LogP contribution in [0.1, 0.15) is 16.8 Å². The quantitative estimate of drug-likeness (QED) is 0.872. The van der Waals surface area contributed by atoms with Crippen LogP contribution in [0.4, 0.5) is 10.1 Å². The number of benzene rings is 1. The number of hydrogen-bond donors (Lipinski definition) is 2. The molecule has 0 aliphatic heterocycles. The summed E-state index contributed by atoms with van der Waals surface area (Å²) in [5, 5.41) is 11.1.